The summed E-state index contributed by atoms with van der Waals surface area (Å²) in [5, 5.41) is 0.817. The van der Waals surface area contributed by atoms with Crippen LogP contribution in [0, 0.1) is 0 Å². The lowest BCUT2D eigenvalue weighted by Crippen LogP contribution is -2.04. The average Bonchev–Trinajstić information content (AvgIpc) is 2.32. The number of hydrogen-bond acceptors (Lipinski definition) is 1. The van der Waals surface area contributed by atoms with Gasteiger partial charge >= 0.3 is 0 Å². The molecule has 1 aliphatic carbocycles. The van der Waals surface area contributed by atoms with Crippen LogP contribution in [0.5, 0.6) is 0 Å². The number of rotatable bonds is 0. The van der Waals surface area contributed by atoms with Crippen LogP contribution >= 0.6 is 11.6 Å². The number of halogens is 1. The van der Waals surface area contributed by atoms with Crippen LogP contribution in [0.25, 0.3) is 0 Å². The molecule has 0 heterocycles. The number of benzene rings is 1. The Morgan fingerprint density at radius 1 is 1.45 bits per heavy atom. The second kappa shape index (κ2) is 2.50. The molecule has 2 heteroatoms. The van der Waals surface area contributed by atoms with Gasteiger partial charge in [0.15, 0.2) is 0 Å². The summed E-state index contributed by atoms with van der Waals surface area (Å²) in [5.74, 6) is 0. The molecule has 0 bridgehead atoms. The van der Waals surface area contributed by atoms with Crippen molar-refractivity contribution in [2.75, 3.05) is 0 Å². The van der Waals surface area contributed by atoms with Gasteiger partial charge in [0, 0.05) is 11.1 Å². The van der Waals surface area contributed by atoms with Gasteiger partial charge in [0.05, 0.1) is 0 Å². The molecule has 1 aromatic carbocycles. The van der Waals surface area contributed by atoms with E-state index in [0.717, 1.165) is 17.9 Å². The summed E-state index contributed by atoms with van der Waals surface area (Å²) in [7, 11) is 0. The van der Waals surface area contributed by atoms with Crippen LogP contribution in [0.1, 0.15) is 23.6 Å². The Balaban J connectivity index is 2.50. The van der Waals surface area contributed by atoms with E-state index in [9.17, 15) is 0 Å². The van der Waals surface area contributed by atoms with E-state index < -0.39 is 0 Å². The fraction of sp³-hybridized carbons (Fsp3) is 0.333. The molecule has 0 unspecified atom stereocenters. The van der Waals surface area contributed by atoms with Crippen molar-refractivity contribution in [2.24, 2.45) is 5.73 Å². The van der Waals surface area contributed by atoms with E-state index in [1.54, 1.807) is 0 Å². The molecule has 1 atom stereocenters. The summed E-state index contributed by atoms with van der Waals surface area (Å²) in [5.41, 5.74) is 8.45. The number of nitrogens with two attached hydrogens (primary N) is 1. The summed E-state index contributed by atoms with van der Waals surface area (Å²) in [6, 6.07) is 6.20. The minimum atomic E-state index is 0.238. The van der Waals surface area contributed by atoms with Crippen LogP contribution in [-0.2, 0) is 6.42 Å². The quantitative estimate of drug-likeness (QED) is 0.631. The van der Waals surface area contributed by atoms with Crippen LogP contribution < -0.4 is 5.73 Å². The highest BCUT2D eigenvalue weighted by atomic mass is 35.5. The van der Waals surface area contributed by atoms with E-state index in [2.05, 4.69) is 0 Å². The molecule has 1 aromatic rings. The van der Waals surface area contributed by atoms with Gasteiger partial charge in [-0.25, -0.2) is 0 Å². The molecule has 0 aliphatic heterocycles. The van der Waals surface area contributed by atoms with Crippen molar-refractivity contribution in [2.45, 2.75) is 18.9 Å². The lowest BCUT2D eigenvalue weighted by Gasteiger charge is -2.03. The third kappa shape index (κ3) is 1.15. The zero-order chi connectivity index (χ0) is 7.84. The standard InChI is InChI=1S/C9H10ClN/c10-7-2-3-8-6(5-7)1-4-9(8)11/h2-3,5,9H,1,4,11H2/t9-/m1/s1. The van der Waals surface area contributed by atoms with Crippen molar-refractivity contribution in [3.8, 4) is 0 Å². The number of fused-ring (bicyclic) bond motifs is 1. The van der Waals surface area contributed by atoms with Gasteiger partial charge in [-0.2, -0.15) is 0 Å². The second-order valence-corrected chi connectivity index (χ2v) is 3.42. The average molecular weight is 168 g/mol. The molecule has 2 rings (SSSR count). The molecule has 58 valence electrons. The summed E-state index contributed by atoms with van der Waals surface area (Å²) in [6.07, 6.45) is 2.15. The molecular weight excluding hydrogens is 158 g/mol. The maximum absolute atomic E-state index is 5.85. The van der Waals surface area contributed by atoms with E-state index in [-0.39, 0.29) is 6.04 Å². The molecule has 0 saturated carbocycles. The Bertz CT molecular complexity index is 283. The van der Waals surface area contributed by atoms with E-state index in [1.807, 2.05) is 18.2 Å². The van der Waals surface area contributed by atoms with Crippen molar-refractivity contribution >= 4 is 11.6 Å². The molecular formula is C9H10ClN. The molecule has 0 radical (unpaired) electrons. The van der Waals surface area contributed by atoms with E-state index >= 15 is 0 Å². The van der Waals surface area contributed by atoms with Crippen LogP contribution in [0.15, 0.2) is 18.2 Å². The molecule has 11 heavy (non-hydrogen) atoms. The third-order valence-electron chi connectivity index (χ3n) is 2.23. The normalized spacial score (nSPS) is 21.8. The first-order chi connectivity index (χ1) is 5.27. The SMILES string of the molecule is N[C@@H]1CCc2cc(Cl)ccc21. The Labute approximate surface area is 71.2 Å². The van der Waals surface area contributed by atoms with E-state index in [4.69, 9.17) is 17.3 Å². The maximum Gasteiger partial charge on any atom is 0.0408 e. The Morgan fingerprint density at radius 2 is 2.27 bits per heavy atom. The largest absolute Gasteiger partial charge is 0.324 e. The van der Waals surface area contributed by atoms with Crippen molar-refractivity contribution in [1.82, 2.24) is 0 Å². The molecule has 0 fully saturated rings. The maximum atomic E-state index is 5.85. The number of aryl methyl sites for hydroxylation is 1. The molecule has 0 saturated heterocycles. The van der Waals surface area contributed by atoms with Crippen LogP contribution in [0.3, 0.4) is 0 Å². The van der Waals surface area contributed by atoms with Gasteiger partial charge in [-0.15, -0.1) is 0 Å². The van der Waals surface area contributed by atoms with E-state index in [1.165, 1.54) is 11.1 Å². The smallest absolute Gasteiger partial charge is 0.0408 e. The molecule has 1 nitrogen and oxygen atoms in total. The van der Waals surface area contributed by atoms with Gasteiger partial charge in [-0.3, -0.25) is 0 Å². The van der Waals surface area contributed by atoms with Gasteiger partial charge in [-0.05, 0) is 36.1 Å². The first-order valence-corrected chi connectivity index (χ1v) is 4.19. The van der Waals surface area contributed by atoms with Gasteiger partial charge in [-0.1, -0.05) is 17.7 Å². The highest BCUT2D eigenvalue weighted by molar-refractivity contribution is 6.30. The Hall–Kier alpha value is -0.530. The first-order valence-electron chi connectivity index (χ1n) is 3.81. The van der Waals surface area contributed by atoms with Crippen LogP contribution in [0.4, 0.5) is 0 Å². The topological polar surface area (TPSA) is 26.0 Å². The molecule has 0 aromatic heterocycles. The molecule has 2 N–H and O–H groups in total. The van der Waals surface area contributed by atoms with Gasteiger partial charge < -0.3 is 5.73 Å². The van der Waals surface area contributed by atoms with E-state index in [0.29, 0.717) is 0 Å². The fourth-order valence-electron chi connectivity index (χ4n) is 1.62. The first kappa shape index (κ1) is 7.14. The predicted molar refractivity (Wildman–Crippen MR) is 46.7 cm³/mol. The minimum Gasteiger partial charge on any atom is -0.324 e. The third-order valence-corrected chi connectivity index (χ3v) is 2.46. The van der Waals surface area contributed by atoms with Gasteiger partial charge in [0.2, 0.25) is 0 Å². The Morgan fingerprint density at radius 3 is 3.09 bits per heavy atom. The molecule has 0 spiro atoms. The number of hydrogen-bond donors (Lipinski definition) is 1. The van der Waals surface area contributed by atoms with Crippen LogP contribution in [-0.4, -0.2) is 0 Å². The highest BCUT2D eigenvalue weighted by Crippen LogP contribution is 2.30. The van der Waals surface area contributed by atoms with Crippen molar-refractivity contribution in [3.05, 3.63) is 34.3 Å². The zero-order valence-corrected chi connectivity index (χ0v) is 6.93. The molecule has 0 amide bonds. The fourth-order valence-corrected chi connectivity index (χ4v) is 1.81. The summed E-state index contributed by atoms with van der Waals surface area (Å²) in [6.45, 7) is 0. The summed E-state index contributed by atoms with van der Waals surface area (Å²) >= 11 is 5.83. The lowest BCUT2D eigenvalue weighted by atomic mass is 10.1. The predicted octanol–water partition coefficient (Wildman–Crippen LogP) is 2.29. The van der Waals surface area contributed by atoms with Crippen molar-refractivity contribution in [1.29, 1.82) is 0 Å². The van der Waals surface area contributed by atoms with Crippen molar-refractivity contribution < 1.29 is 0 Å². The van der Waals surface area contributed by atoms with Gasteiger partial charge in [0.1, 0.15) is 0 Å². The van der Waals surface area contributed by atoms with Crippen molar-refractivity contribution in [3.63, 3.8) is 0 Å². The molecule has 1 aliphatic rings. The summed E-state index contributed by atoms with van der Waals surface area (Å²) in [4.78, 5) is 0. The van der Waals surface area contributed by atoms with Gasteiger partial charge in [0.25, 0.3) is 0 Å². The van der Waals surface area contributed by atoms with Crippen LogP contribution in [0.2, 0.25) is 5.02 Å². The minimum absolute atomic E-state index is 0.238. The zero-order valence-electron chi connectivity index (χ0n) is 6.18. The highest BCUT2D eigenvalue weighted by Gasteiger charge is 2.18. The monoisotopic (exact) mass is 167 g/mol. The Kier molecular flexibility index (Phi) is 1.63. The second-order valence-electron chi connectivity index (χ2n) is 2.99. The summed E-state index contributed by atoms with van der Waals surface area (Å²) < 4.78 is 0. The lowest BCUT2D eigenvalue weighted by molar-refractivity contribution is 0.713.